The quantitative estimate of drug-likeness (QED) is 0.839. The van der Waals surface area contributed by atoms with E-state index >= 15 is 0 Å². The van der Waals surface area contributed by atoms with Crippen LogP contribution in [0.1, 0.15) is 6.42 Å². The van der Waals surface area contributed by atoms with E-state index in [-0.39, 0.29) is 24.8 Å². The van der Waals surface area contributed by atoms with Crippen molar-refractivity contribution in [1.29, 1.82) is 0 Å². The van der Waals surface area contributed by atoms with E-state index < -0.39 is 0 Å². The van der Waals surface area contributed by atoms with E-state index in [1.54, 1.807) is 16.7 Å². The summed E-state index contributed by atoms with van der Waals surface area (Å²) in [7, 11) is 1.82. The van der Waals surface area contributed by atoms with Crippen LogP contribution in [0.5, 0.6) is 5.75 Å². The highest BCUT2D eigenvalue weighted by Gasteiger charge is 2.24. The molecule has 0 radical (unpaired) electrons. The molecule has 0 saturated heterocycles. The molecule has 0 aliphatic carbocycles. The van der Waals surface area contributed by atoms with Crippen molar-refractivity contribution in [2.24, 2.45) is 12.0 Å². The number of para-hydroxylation sites is 2. The Labute approximate surface area is 131 Å². The summed E-state index contributed by atoms with van der Waals surface area (Å²) in [5.74, 6) is 0.120. The number of fused-ring (bicyclic) bond motifs is 1. The van der Waals surface area contributed by atoms with Crippen molar-refractivity contribution < 1.29 is 14.3 Å². The van der Waals surface area contributed by atoms with Crippen LogP contribution in [0.2, 0.25) is 0 Å². The maximum atomic E-state index is 12.2. The summed E-state index contributed by atoms with van der Waals surface area (Å²) in [6, 6.07) is 7.22. The first-order valence-corrected chi connectivity index (χ1v) is 7.73. The zero-order valence-electron chi connectivity index (χ0n) is 12.1. The number of ether oxygens (including phenoxy) is 1. The van der Waals surface area contributed by atoms with E-state index in [0.717, 1.165) is 0 Å². The van der Waals surface area contributed by atoms with Crippen LogP contribution < -0.4 is 14.4 Å². The average molecular weight is 317 g/mol. The first-order chi connectivity index (χ1) is 10.6. The number of aromatic nitrogens is 1. The highest BCUT2D eigenvalue weighted by molar-refractivity contribution is 7.07. The summed E-state index contributed by atoms with van der Waals surface area (Å²) in [6.07, 6.45) is 2.08. The largest absolute Gasteiger partial charge is 0.491 e. The summed E-state index contributed by atoms with van der Waals surface area (Å²) in [6.45, 7) is 0.231. The van der Waals surface area contributed by atoms with Crippen LogP contribution in [0.15, 0.2) is 40.8 Å². The topological polar surface area (TPSA) is 63.9 Å². The first kappa shape index (κ1) is 14.5. The van der Waals surface area contributed by atoms with Gasteiger partial charge in [-0.15, -0.1) is 11.3 Å². The van der Waals surface area contributed by atoms with Gasteiger partial charge in [0.2, 0.25) is 5.91 Å². The van der Waals surface area contributed by atoms with Crippen LogP contribution in [0.3, 0.4) is 0 Å². The van der Waals surface area contributed by atoms with E-state index in [0.29, 0.717) is 22.8 Å². The maximum absolute atomic E-state index is 12.2. The molecule has 0 bridgehead atoms. The third-order valence-corrected chi connectivity index (χ3v) is 4.15. The number of hydrogen-bond donors (Lipinski definition) is 0. The van der Waals surface area contributed by atoms with Gasteiger partial charge in [-0.2, -0.15) is 4.99 Å². The lowest BCUT2D eigenvalue weighted by Gasteiger charge is -2.19. The molecule has 3 rings (SSSR count). The van der Waals surface area contributed by atoms with Crippen LogP contribution in [0, 0.1) is 0 Å². The van der Waals surface area contributed by atoms with E-state index in [1.165, 1.54) is 16.2 Å². The van der Waals surface area contributed by atoms with Crippen molar-refractivity contribution >= 4 is 28.8 Å². The molecule has 1 aromatic heterocycles. The number of nitrogens with zero attached hydrogens (tertiary/aromatic N) is 3. The van der Waals surface area contributed by atoms with Gasteiger partial charge in [0.15, 0.2) is 4.80 Å². The molecule has 0 N–H and O–H groups in total. The van der Waals surface area contributed by atoms with E-state index in [1.807, 2.05) is 30.8 Å². The van der Waals surface area contributed by atoms with Gasteiger partial charge in [0.25, 0.3) is 5.91 Å². The smallest absolute Gasteiger partial charge is 0.268 e. The van der Waals surface area contributed by atoms with Crippen LogP contribution in [-0.4, -0.2) is 29.5 Å². The fourth-order valence-electron chi connectivity index (χ4n) is 2.21. The number of amides is 2. The molecule has 2 amide bonds. The Bertz CT molecular complexity index is 778. The number of aryl methyl sites for hydroxylation is 1. The van der Waals surface area contributed by atoms with E-state index in [9.17, 15) is 9.59 Å². The SMILES string of the molecule is Cn1ccsc1=NC(=O)CN1C(=O)CCOc2ccccc21. The minimum absolute atomic E-state index is 0.0862. The number of thiazole rings is 1. The van der Waals surface area contributed by atoms with Crippen LogP contribution in [0.4, 0.5) is 5.69 Å². The minimum Gasteiger partial charge on any atom is -0.491 e. The Morgan fingerprint density at radius 3 is 3.00 bits per heavy atom. The second-order valence-electron chi connectivity index (χ2n) is 4.85. The molecule has 2 heterocycles. The van der Waals surface area contributed by atoms with Crippen molar-refractivity contribution in [1.82, 2.24) is 4.57 Å². The van der Waals surface area contributed by atoms with Gasteiger partial charge >= 0.3 is 0 Å². The van der Waals surface area contributed by atoms with Gasteiger partial charge in [-0.3, -0.25) is 14.5 Å². The fourth-order valence-corrected chi connectivity index (χ4v) is 2.95. The predicted molar refractivity (Wildman–Crippen MR) is 82.8 cm³/mol. The van der Waals surface area contributed by atoms with Crippen molar-refractivity contribution in [2.45, 2.75) is 6.42 Å². The normalized spacial score (nSPS) is 15.2. The number of carbonyl (C=O) groups is 2. The Kier molecular flexibility index (Phi) is 4.06. The van der Waals surface area contributed by atoms with Crippen molar-refractivity contribution in [3.8, 4) is 5.75 Å². The average Bonchev–Trinajstić information content (AvgIpc) is 2.83. The monoisotopic (exact) mass is 317 g/mol. The maximum Gasteiger partial charge on any atom is 0.268 e. The van der Waals surface area contributed by atoms with Gasteiger partial charge in [-0.1, -0.05) is 12.1 Å². The van der Waals surface area contributed by atoms with Crippen LogP contribution in [0.25, 0.3) is 0 Å². The van der Waals surface area contributed by atoms with E-state index in [2.05, 4.69) is 4.99 Å². The second kappa shape index (κ2) is 6.15. The molecular formula is C15H15N3O3S. The Balaban J connectivity index is 1.89. The fraction of sp³-hybridized carbons (Fsp3) is 0.267. The number of anilines is 1. The Morgan fingerprint density at radius 2 is 2.23 bits per heavy atom. The number of hydrogen-bond acceptors (Lipinski definition) is 4. The third kappa shape index (κ3) is 2.94. The molecule has 0 fully saturated rings. The van der Waals surface area contributed by atoms with Gasteiger partial charge < -0.3 is 9.30 Å². The number of carbonyl (C=O) groups excluding carboxylic acids is 2. The van der Waals surface area contributed by atoms with E-state index in [4.69, 9.17) is 4.74 Å². The zero-order valence-corrected chi connectivity index (χ0v) is 12.9. The molecule has 1 aliphatic heterocycles. The number of rotatable bonds is 2. The van der Waals surface area contributed by atoms with Gasteiger partial charge in [0.05, 0.1) is 18.7 Å². The highest BCUT2D eigenvalue weighted by Crippen LogP contribution is 2.30. The van der Waals surface area contributed by atoms with Crippen LogP contribution in [-0.2, 0) is 16.6 Å². The summed E-state index contributed by atoms with van der Waals surface area (Å²) >= 11 is 1.38. The minimum atomic E-state index is -0.358. The standard InChI is InChI=1S/C15H15N3O3S/c1-17-7-9-22-15(17)16-13(19)10-18-11-4-2-3-5-12(11)21-8-6-14(18)20/h2-5,7,9H,6,8,10H2,1H3. The van der Waals surface area contributed by atoms with Crippen molar-refractivity contribution in [3.05, 3.63) is 40.6 Å². The van der Waals surface area contributed by atoms with Gasteiger partial charge in [0.1, 0.15) is 12.3 Å². The van der Waals surface area contributed by atoms with Crippen LogP contribution >= 0.6 is 11.3 Å². The molecule has 2 aromatic rings. The molecule has 114 valence electrons. The molecule has 1 aliphatic rings. The van der Waals surface area contributed by atoms with Crippen molar-refractivity contribution in [3.63, 3.8) is 0 Å². The predicted octanol–water partition coefficient (Wildman–Crippen LogP) is 1.33. The zero-order chi connectivity index (χ0) is 15.5. The molecule has 0 spiro atoms. The molecule has 7 heteroatoms. The molecule has 22 heavy (non-hydrogen) atoms. The lowest BCUT2D eigenvalue weighted by Crippen LogP contribution is -2.35. The highest BCUT2D eigenvalue weighted by atomic mass is 32.1. The summed E-state index contributed by atoms with van der Waals surface area (Å²) in [5.41, 5.74) is 0.615. The lowest BCUT2D eigenvalue weighted by atomic mass is 10.2. The van der Waals surface area contributed by atoms with Crippen molar-refractivity contribution in [2.75, 3.05) is 18.1 Å². The third-order valence-electron chi connectivity index (χ3n) is 3.30. The number of benzene rings is 1. The summed E-state index contributed by atoms with van der Waals surface area (Å²) in [4.78, 5) is 30.5. The molecular weight excluding hydrogens is 302 g/mol. The van der Waals surface area contributed by atoms with Gasteiger partial charge in [0, 0.05) is 18.6 Å². The molecule has 0 atom stereocenters. The lowest BCUT2D eigenvalue weighted by molar-refractivity contribution is -0.122. The van der Waals surface area contributed by atoms with Gasteiger partial charge in [-0.25, -0.2) is 0 Å². The molecule has 6 nitrogen and oxygen atoms in total. The Morgan fingerprint density at radius 1 is 1.41 bits per heavy atom. The first-order valence-electron chi connectivity index (χ1n) is 6.85. The molecule has 1 aromatic carbocycles. The molecule has 0 saturated carbocycles. The molecule has 0 unspecified atom stereocenters. The summed E-state index contributed by atoms with van der Waals surface area (Å²) in [5, 5.41) is 1.85. The van der Waals surface area contributed by atoms with Gasteiger partial charge in [-0.05, 0) is 12.1 Å². The Hall–Kier alpha value is -2.41. The summed E-state index contributed by atoms with van der Waals surface area (Å²) < 4.78 is 7.32. The second-order valence-corrected chi connectivity index (χ2v) is 5.72.